The molecule has 2 N–H and O–H groups in total. The number of rotatable bonds is 6. The van der Waals surface area contributed by atoms with Crippen LogP contribution in [0.5, 0.6) is 0 Å². The summed E-state index contributed by atoms with van der Waals surface area (Å²) in [7, 11) is 0. The molecule has 0 radical (unpaired) electrons. The molecule has 2 aromatic heterocycles. The molecule has 0 spiro atoms. The van der Waals surface area contributed by atoms with Crippen LogP contribution in [0.1, 0.15) is 35.9 Å². The van der Waals surface area contributed by atoms with E-state index in [1.807, 2.05) is 12.4 Å². The van der Waals surface area contributed by atoms with Crippen molar-refractivity contribution >= 4 is 28.6 Å². The number of nitrogens with zero attached hydrogens (tertiary/aromatic N) is 2. The van der Waals surface area contributed by atoms with E-state index in [0.717, 1.165) is 24.7 Å². The largest absolute Gasteiger partial charge is 0.357 e. The Morgan fingerprint density at radius 3 is 2.90 bits per heavy atom. The fourth-order valence-corrected chi connectivity index (χ4v) is 3.38. The summed E-state index contributed by atoms with van der Waals surface area (Å²) in [6, 6.07) is 2.18. The van der Waals surface area contributed by atoms with Crippen molar-refractivity contribution in [2.75, 3.05) is 13.1 Å². The van der Waals surface area contributed by atoms with Crippen molar-refractivity contribution < 1.29 is 0 Å². The average molecular weight is 323 g/mol. The van der Waals surface area contributed by atoms with Gasteiger partial charge >= 0.3 is 0 Å². The first kappa shape index (κ1) is 16.0. The Balaban J connectivity index is 1.90. The molecule has 2 rings (SSSR count). The van der Waals surface area contributed by atoms with Gasteiger partial charge in [0.25, 0.3) is 0 Å². The molecular formula is C15H22N4S2. The smallest absolute Gasteiger partial charge is 0.191 e. The van der Waals surface area contributed by atoms with Crippen molar-refractivity contribution in [1.82, 2.24) is 15.6 Å². The van der Waals surface area contributed by atoms with Crippen LogP contribution in [-0.2, 0) is 6.54 Å². The van der Waals surface area contributed by atoms with E-state index in [4.69, 9.17) is 0 Å². The molecule has 1 unspecified atom stereocenters. The fraction of sp³-hybridized carbons (Fsp3) is 0.467. The van der Waals surface area contributed by atoms with E-state index in [1.54, 1.807) is 22.7 Å². The molecule has 0 aliphatic rings. The van der Waals surface area contributed by atoms with E-state index < -0.39 is 0 Å². The number of guanidine groups is 1. The molecule has 21 heavy (non-hydrogen) atoms. The molecule has 0 aliphatic carbocycles. The summed E-state index contributed by atoms with van der Waals surface area (Å²) in [6.45, 7) is 8.76. The third-order valence-electron chi connectivity index (χ3n) is 3.26. The maximum atomic E-state index is 4.64. The Hall–Kier alpha value is -1.40. The van der Waals surface area contributed by atoms with E-state index >= 15 is 0 Å². The maximum Gasteiger partial charge on any atom is 0.191 e. The van der Waals surface area contributed by atoms with Crippen molar-refractivity contribution in [3.05, 3.63) is 38.5 Å². The van der Waals surface area contributed by atoms with Gasteiger partial charge in [0.05, 0.1) is 17.7 Å². The predicted molar refractivity (Wildman–Crippen MR) is 92.4 cm³/mol. The second-order valence-corrected chi connectivity index (χ2v) is 6.61. The van der Waals surface area contributed by atoms with E-state index in [9.17, 15) is 0 Å². The van der Waals surface area contributed by atoms with Crippen molar-refractivity contribution in [3.8, 4) is 0 Å². The minimum absolute atomic E-state index is 0.477. The number of nitrogens with one attached hydrogen (secondary N) is 2. The standard InChI is InChI=1S/C15H22N4S2/c1-4-16-15(18-8-14-12(3)19-10-21-14)17-7-11(2)13-5-6-20-9-13/h5-6,9-11H,4,7-8H2,1-3H3,(H2,16,17,18). The summed E-state index contributed by atoms with van der Waals surface area (Å²) >= 11 is 3.40. The highest BCUT2D eigenvalue weighted by Crippen LogP contribution is 2.17. The number of thiazole rings is 1. The number of aliphatic imine (C=N–C) groups is 1. The molecule has 2 aromatic rings. The van der Waals surface area contributed by atoms with Gasteiger partial charge in [0.15, 0.2) is 5.96 Å². The van der Waals surface area contributed by atoms with Gasteiger partial charge in [-0.25, -0.2) is 9.98 Å². The van der Waals surface area contributed by atoms with Crippen molar-refractivity contribution in [3.63, 3.8) is 0 Å². The van der Waals surface area contributed by atoms with E-state index in [1.165, 1.54) is 10.4 Å². The molecule has 2 heterocycles. The lowest BCUT2D eigenvalue weighted by Crippen LogP contribution is -2.39. The molecule has 4 nitrogen and oxygen atoms in total. The highest BCUT2D eigenvalue weighted by molar-refractivity contribution is 7.09. The number of aryl methyl sites for hydroxylation is 1. The molecular weight excluding hydrogens is 300 g/mol. The lowest BCUT2D eigenvalue weighted by molar-refractivity contribution is 0.702. The third-order valence-corrected chi connectivity index (χ3v) is 4.88. The molecule has 1 atom stereocenters. The van der Waals surface area contributed by atoms with Gasteiger partial charge in [0.1, 0.15) is 0 Å². The molecule has 0 saturated heterocycles. The highest BCUT2D eigenvalue weighted by Gasteiger charge is 2.07. The van der Waals surface area contributed by atoms with Crippen LogP contribution in [0.15, 0.2) is 27.3 Å². The van der Waals surface area contributed by atoms with E-state index in [-0.39, 0.29) is 0 Å². The van der Waals surface area contributed by atoms with E-state index in [0.29, 0.717) is 12.5 Å². The van der Waals surface area contributed by atoms with Crippen molar-refractivity contribution in [2.24, 2.45) is 4.99 Å². The van der Waals surface area contributed by atoms with Crippen LogP contribution in [0.4, 0.5) is 0 Å². The number of aromatic nitrogens is 1. The molecule has 0 amide bonds. The zero-order chi connectivity index (χ0) is 15.1. The number of hydrogen-bond acceptors (Lipinski definition) is 4. The van der Waals surface area contributed by atoms with Crippen LogP contribution in [0.2, 0.25) is 0 Å². The first-order valence-corrected chi connectivity index (χ1v) is 8.96. The van der Waals surface area contributed by atoms with Gasteiger partial charge in [-0.3, -0.25) is 0 Å². The molecule has 0 fully saturated rings. The SMILES string of the molecule is CCNC(=NCc1scnc1C)NCC(C)c1ccsc1. The topological polar surface area (TPSA) is 49.3 Å². The maximum absolute atomic E-state index is 4.64. The molecule has 0 aliphatic heterocycles. The summed E-state index contributed by atoms with van der Waals surface area (Å²) in [5.74, 6) is 1.35. The van der Waals surface area contributed by atoms with Crippen molar-refractivity contribution in [1.29, 1.82) is 0 Å². The normalized spacial score (nSPS) is 13.2. The molecule has 0 aromatic carbocycles. The Kier molecular flexibility index (Phi) is 6.20. The summed E-state index contributed by atoms with van der Waals surface area (Å²) < 4.78 is 0. The first-order chi connectivity index (χ1) is 10.2. The second-order valence-electron chi connectivity index (χ2n) is 4.89. The van der Waals surface area contributed by atoms with Gasteiger partial charge in [0.2, 0.25) is 0 Å². The quantitative estimate of drug-likeness (QED) is 0.633. The molecule has 6 heteroatoms. The lowest BCUT2D eigenvalue weighted by Gasteiger charge is -2.15. The van der Waals surface area contributed by atoms with Gasteiger partial charge in [0, 0.05) is 18.0 Å². The molecule has 114 valence electrons. The minimum atomic E-state index is 0.477. The van der Waals surface area contributed by atoms with Crippen molar-refractivity contribution in [2.45, 2.75) is 33.2 Å². The van der Waals surface area contributed by atoms with Gasteiger partial charge in [-0.15, -0.1) is 11.3 Å². The van der Waals surface area contributed by atoms with Crippen LogP contribution in [0.25, 0.3) is 0 Å². The van der Waals surface area contributed by atoms with Crippen LogP contribution < -0.4 is 10.6 Å². The van der Waals surface area contributed by atoms with Crippen LogP contribution in [0.3, 0.4) is 0 Å². The second kappa shape index (κ2) is 8.14. The third kappa shape index (κ3) is 4.82. The Labute approximate surface area is 134 Å². The summed E-state index contributed by atoms with van der Waals surface area (Å²) in [5.41, 5.74) is 4.33. The van der Waals surface area contributed by atoms with Gasteiger partial charge in [-0.2, -0.15) is 11.3 Å². The van der Waals surface area contributed by atoms with Gasteiger partial charge in [-0.1, -0.05) is 6.92 Å². The monoisotopic (exact) mass is 322 g/mol. The Morgan fingerprint density at radius 1 is 1.43 bits per heavy atom. The summed E-state index contributed by atoms with van der Waals surface area (Å²) in [5, 5.41) is 11.0. The zero-order valence-electron chi connectivity index (χ0n) is 12.7. The summed E-state index contributed by atoms with van der Waals surface area (Å²) in [6.07, 6.45) is 0. The summed E-state index contributed by atoms with van der Waals surface area (Å²) in [4.78, 5) is 10.1. The minimum Gasteiger partial charge on any atom is -0.357 e. The Bertz CT molecular complexity index is 560. The van der Waals surface area contributed by atoms with Gasteiger partial charge in [-0.05, 0) is 42.2 Å². The lowest BCUT2D eigenvalue weighted by atomic mass is 10.1. The van der Waals surface area contributed by atoms with Gasteiger partial charge < -0.3 is 10.6 Å². The number of hydrogen-bond donors (Lipinski definition) is 2. The number of thiophene rings is 1. The first-order valence-electron chi connectivity index (χ1n) is 7.14. The Morgan fingerprint density at radius 2 is 2.29 bits per heavy atom. The molecule has 0 saturated carbocycles. The van der Waals surface area contributed by atoms with Crippen LogP contribution >= 0.6 is 22.7 Å². The zero-order valence-corrected chi connectivity index (χ0v) is 14.4. The molecule has 0 bridgehead atoms. The average Bonchev–Trinajstić information content (AvgIpc) is 3.13. The highest BCUT2D eigenvalue weighted by atomic mass is 32.1. The predicted octanol–water partition coefficient (Wildman–Crippen LogP) is 3.37. The van der Waals surface area contributed by atoms with Crippen LogP contribution in [0, 0.1) is 6.92 Å². The van der Waals surface area contributed by atoms with Crippen LogP contribution in [-0.4, -0.2) is 24.0 Å². The van der Waals surface area contributed by atoms with E-state index in [2.05, 4.69) is 51.3 Å². The fourth-order valence-electron chi connectivity index (χ4n) is 1.89.